The average Bonchev–Trinajstić information content (AvgIpc) is 2.87. The standard InChI is InChI=1S/C16H18ClF3N2O2S/c1-2-5-12-8-15(24,16(18,19)20)22(21-12)14(23)10-25-9-11-6-3-4-7-13(11)17/h3-4,6-7,24H,2,5,8-10H2,1H3/t15-/m0/s1. The van der Waals surface area contributed by atoms with E-state index in [1.54, 1.807) is 31.2 Å². The lowest BCUT2D eigenvalue weighted by atomic mass is 10.0. The number of halogens is 4. The molecule has 25 heavy (non-hydrogen) atoms. The topological polar surface area (TPSA) is 52.9 Å². The van der Waals surface area contributed by atoms with E-state index in [9.17, 15) is 23.1 Å². The van der Waals surface area contributed by atoms with Gasteiger partial charge < -0.3 is 5.11 Å². The predicted molar refractivity (Wildman–Crippen MR) is 92.4 cm³/mol. The molecule has 0 radical (unpaired) electrons. The predicted octanol–water partition coefficient (Wildman–Crippen LogP) is 4.21. The van der Waals surface area contributed by atoms with Crippen LogP contribution in [-0.2, 0) is 10.5 Å². The largest absolute Gasteiger partial charge is 0.438 e. The molecule has 1 aromatic rings. The maximum atomic E-state index is 13.3. The molecule has 138 valence electrons. The number of rotatable bonds is 6. The van der Waals surface area contributed by atoms with Crippen LogP contribution in [0.2, 0.25) is 5.02 Å². The van der Waals surface area contributed by atoms with Crippen molar-refractivity contribution < 1.29 is 23.1 Å². The number of alkyl halides is 3. The summed E-state index contributed by atoms with van der Waals surface area (Å²) in [5.41, 5.74) is -2.31. The van der Waals surface area contributed by atoms with Crippen molar-refractivity contribution in [3.05, 3.63) is 34.9 Å². The minimum absolute atomic E-state index is 0.173. The first kappa shape index (κ1) is 20.1. The fraction of sp³-hybridized carbons (Fsp3) is 0.500. The molecule has 0 fully saturated rings. The van der Waals surface area contributed by atoms with Crippen LogP contribution in [0.3, 0.4) is 0 Å². The highest BCUT2D eigenvalue weighted by atomic mass is 35.5. The number of nitrogens with zero attached hydrogens (tertiary/aromatic N) is 2. The van der Waals surface area contributed by atoms with Crippen molar-refractivity contribution in [3.63, 3.8) is 0 Å². The van der Waals surface area contributed by atoms with Crippen molar-refractivity contribution >= 4 is 35.0 Å². The summed E-state index contributed by atoms with van der Waals surface area (Å²) in [5.74, 6) is -0.759. The molecule has 0 unspecified atom stereocenters. The molecule has 1 N–H and O–H groups in total. The molecule has 0 bridgehead atoms. The number of carbonyl (C=O) groups is 1. The third-order valence-electron chi connectivity index (χ3n) is 3.71. The highest BCUT2D eigenvalue weighted by Crippen LogP contribution is 2.41. The maximum absolute atomic E-state index is 13.3. The van der Waals surface area contributed by atoms with Gasteiger partial charge in [0.1, 0.15) is 0 Å². The number of aliphatic hydroxyl groups is 1. The minimum atomic E-state index is -4.98. The molecular formula is C16H18ClF3N2O2S. The zero-order valence-corrected chi connectivity index (χ0v) is 15.1. The molecule has 1 amide bonds. The summed E-state index contributed by atoms with van der Waals surface area (Å²) in [5, 5.41) is 14.5. The Hall–Kier alpha value is -1.25. The monoisotopic (exact) mass is 394 g/mol. The molecule has 1 aliphatic heterocycles. The van der Waals surface area contributed by atoms with Gasteiger partial charge in [-0.15, -0.1) is 11.8 Å². The molecule has 0 spiro atoms. The molecule has 1 atom stereocenters. The number of hydrazone groups is 1. The van der Waals surface area contributed by atoms with Gasteiger partial charge in [-0.05, 0) is 18.1 Å². The van der Waals surface area contributed by atoms with Crippen LogP contribution in [-0.4, -0.2) is 39.4 Å². The lowest BCUT2D eigenvalue weighted by Gasteiger charge is -2.32. The van der Waals surface area contributed by atoms with Crippen LogP contribution in [0.15, 0.2) is 29.4 Å². The third-order valence-corrected chi connectivity index (χ3v) is 5.05. The minimum Gasteiger partial charge on any atom is -0.362 e. The van der Waals surface area contributed by atoms with E-state index in [1.165, 1.54) is 0 Å². The molecule has 0 aromatic heterocycles. The molecule has 1 aromatic carbocycles. The average molecular weight is 395 g/mol. The van der Waals surface area contributed by atoms with E-state index < -0.39 is 24.2 Å². The number of carbonyl (C=O) groups excluding carboxylic acids is 1. The third kappa shape index (κ3) is 4.48. The van der Waals surface area contributed by atoms with Gasteiger partial charge in [-0.25, -0.2) is 0 Å². The van der Waals surface area contributed by atoms with Gasteiger partial charge in [0.25, 0.3) is 11.6 Å². The summed E-state index contributed by atoms with van der Waals surface area (Å²) in [6, 6.07) is 7.02. The molecule has 1 aliphatic rings. The first-order valence-corrected chi connectivity index (χ1v) is 9.22. The van der Waals surface area contributed by atoms with E-state index in [2.05, 4.69) is 5.10 Å². The molecule has 2 rings (SSSR count). The molecule has 0 saturated heterocycles. The van der Waals surface area contributed by atoms with Gasteiger partial charge in [0.05, 0.1) is 5.75 Å². The normalized spacial score (nSPS) is 20.7. The lowest BCUT2D eigenvalue weighted by molar-refractivity contribution is -0.301. The summed E-state index contributed by atoms with van der Waals surface area (Å²) in [6.07, 6.45) is -4.80. The smallest absolute Gasteiger partial charge is 0.362 e. The van der Waals surface area contributed by atoms with Crippen LogP contribution in [0.5, 0.6) is 0 Å². The summed E-state index contributed by atoms with van der Waals surface area (Å²) in [6.45, 7) is 1.79. The summed E-state index contributed by atoms with van der Waals surface area (Å²) in [4.78, 5) is 12.2. The van der Waals surface area contributed by atoms with E-state index >= 15 is 0 Å². The summed E-state index contributed by atoms with van der Waals surface area (Å²) >= 11 is 7.12. The molecule has 9 heteroatoms. The Kier molecular flexibility index (Phi) is 6.40. The zero-order chi connectivity index (χ0) is 18.7. The highest BCUT2D eigenvalue weighted by Gasteiger charge is 2.62. The number of thioether (sulfide) groups is 1. The van der Waals surface area contributed by atoms with Crippen molar-refractivity contribution in [1.29, 1.82) is 0 Å². The second-order valence-electron chi connectivity index (χ2n) is 5.70. The van der Waals surface area contributed by atoms with Gasteiger partial charge in [-0.3, -0.25) is 4.79 Å². The van der Waals surface area contributed by atoms with Crippen molar-refractivity contribution in [3.8, 4) is 0 Å². The lowest BCUT2D eigenvalue weighted by Crippen LogP contribution is -2.57. The van der Waals surface area contributed by atoms with E-state index in [0.717, 1.165) is 17.3 Å². The van der Waals surface area contributed by atoms with E-state index in [1.807, 2.05) is 0 Å². The first-order valence-electron chi connectivity index (χ1n) is 7.68. The van der Waals surface area contributed by atoms with E-state index in [4.69, 9.17) is 11.6 Å². The maximum Gasteiger partial charge on any atom is 0.438 e. The number of hydrogen-bond acceptors (Lipinski definition) is 4. The Bertz CT molecular complexity index is 669. The van der Waals surface area contributed by atoms with E-state index in [0.29, 0.717) is 23.6 Å². The number of amides is 1. The molecule has 0 saturated carbocycles. The fourth-order valence-electron chi connectivity index (χ4n) is 2.45. The molecular weight excluding hydrogens is 377 g/mol. The second-order valence-corrected chi connectivity index (χ2v) is 7.09. The van der Waals surface area contributed by atoms with Crippen LogP contribution < -0.4 is 0 Å². The fourth-order valence-corrected chi connectivity index (χ4v) is 3.61. The van der Waals surface area contributed by atoms with Gasteiger partial charge in [-0.1, -0.05) is 43.1 Å². The van der Waals surface area contributed by atoms with Gasteiger partial charge >= 0.3 is 6.18 Å². The van der Waals surface area contributed by atoms with Gasteiger partial charge in [0.2, 0.25) is 0 Å². The first-order chi connectivity index (χ1) is 11.7. The Labute approximate surface area is 153 Å². The molecule has 0 aliphatic carbocycles. The van der Waals surface area contributed by atoms with Crippen molar-refractivity contribution in [2.75, 3.05) is 5.75 Å². The van der Waals surface area contributed by atoms with Crippen molar-refractivity contribution in [1.82, 2.24) is 5.01 Å². The van der Waals surface area contributed by atoms with Crippen molar-refractivity contribution in [2.45, 2.75) is 43.8 Å². The zero-order valence-electron chi connectivity index (χ0n) is 13.5. The summed E-state index contributed by atoms with van der Waals surface area (Å²) in [7, 11) is 0. The Morgan fingerprint density at radius 2 is 2.12 bits per heavy atom. The number of hydrogen-bond donors (Lipinski definition) is 1. The summed E-state index contributed by atoms with van der Waals surface area (Å²) < 4.78 is 39.8. The van der Waals surface area contributed by atoms with Crippen LogP contribution >= 0.6 is 23.4 Å². The molecule has 4 nitrogen and oxygen atoms in total. The Morgan fingerprint density at radius 1 is 1.44 bits per heavy atom. The van der Waals surface area contributed by atoms with Crippen molar-refractivity contribution in [2.24, 2.45) is 5.10 Å². The second kappa shape index (κ2) is 7.97. The Balaban J connectivity index is 2.05. The van der Waals surface area contributed by atoms with Gasteiger partial charge in [0, 0.05) is 22.9 Å². The Morgan fingerprint density at radius 3 is 2.72 bits per heavy atom. The quantitative estimate of drug-likeness (QED) is 0.786. The van der Waals surface area contributed by atoms with Crippen LogP contribution in [0.4, 0.5) is 13.2 Å². The van der Waals surface area contributed by atoms with E-state index in [-0.39, 0.29) is 16.5 Å². The number of benzene rings is 1. The van der Waals surface area contributed by atoms with Gasteiger partial charge in [0.15, 0.2) is 0 Å². The van der Waals surface area contributed by atoms with Crippen LogP contribution in [0, 0.1) is 0 Å². The highest BCUT2D eigenvalue weighted by molar-refractivity contribution is 7.99. The van der Waals surface area contributed by atoms with Crippen LogP contribution in [0.1, 0.15) is 31.7 Å². The SMILES string of the molecule is CCCC1=NN(C(=O)CSCc2ccccc2Cl)[C@@](O)(C(F)(F)F)C1. The molecule has 1 heterocycles. The van der Waals surface area contributed by atoms with Crippen LogP contribution in [0.25, 0.3) is 0 Å². The van der Waals surface area contributed by atoms with Gasteiger partial charge in [-0.2, -0.15) is 23.3 Å².